The molecule has 0 saturated carbocycles. The molecule has 0 bridgehead atoms. The minimum atomic E-state index is -1.27. The van der Waals surface area contributed by atoms with Crippen LogP contribution in [-0.4, -0.2) is 73.9 Å². The Labute approximate surface area is 207 Å². The molecule has 1 aromatic heterocycles. The normalized spacial score (nSPS) is 15.8. The highest BCUT2D eigenvalue weighted by atomic mass is 28.3. The van der Waals surface area contributed by atoms with Gasteiger partial charge in [0.2, 0.25) is 0 Å². The number of anilines is 1. The van der Waals surface area contributed by atoms with Crippen LogP contribution in [0, 0.1) is 0 Å². The number of benzene rings is 1. The van der Waals surface area contributed by atoms with E-state index in [1.165, 1.54) is 4.68 Å². The van der Waals surface area contributed by atoms with E-state index >= 15 is 0 Å². The van der Waals surface area contributed by atoms with Crippen LogP contribution in [0.1, 0.15) is 49.4 Å². The molecule has 35 heavy (non-hydrogen) atoms. The molecule has 2 aliphatic heterocycles. The van der Waals surface area contributed by atoms with Gasteiger partial charge < -0.3 is 19.3 Å². The number of rotatable bonds is 8. The second-order valence-corrected chi connectivity index (χ2v) is 15.9. The smallest absolute Gasteiger partial charge is 0.359 e. The van der Waals surface area contributed by atoms with Gasteiger partial charge in [0.15, 0.2) is 5.69 Å². The van der Waals surface area contributed by atoms with Gasteiger partial charge >= 0.3 is 5.97 Å². The number of nitrogens with zero attached hydrogens (tertiary/aromatic N) is 4. The number of amides is 2. The second-order valence-electron chi connectivity index (χ2n) is 10.3. The molecule has 2 aromatic rings. The lowest BCUT2D eigenvalue weighted by atomic mass is 9.97. The Morgan fingerprint density at radius 1 is 1.11 bits per heavy atom. The van der Waals surface area contributed by atoms with Gasteiger partial charge in [-0.2, -0.15) is 24.7 Å². The molecule has 0 N–H and O–H groups in total. The second kappa shape index (κ2) is 9.94. The minimum absolute atomic E-state index is 0.0383. The zero-order valence-corrected chi connectivity index (χ0v) is 22.2. The molecule has 2 aliphatic rings. The number of ether oxygens (including phenoxy) is 2. The third-order valence-electron chi connectivity index (χ3n) is 6.46. The van der Waals surface area contributed by atoms with Crippen LogP contribution in [0.4, 0.5) is 5.69 Å². The molecule has 3 heterocycles. The van der Waals surface area contributed by atoms with E-state index in [1.54, 1.807) is 29.8 Å². The van der Waals surface area contributed by atoms with E-state index in [4.69, 9.17) is 9.47 Å². The van der Waals surface area contributed by atoms with E-state index in [9.17, 15) is 14.4 Å². The summed E-state index contributed by atoms with van der Waals surface area (Å²) in [5, 5.41) is 4.44. The van der Waals surface area contributed by atoms with Crippen LogP contribution in [0.2, 0.25) is 25.7 Å². The van der Waals surface area contributed by atoms with Crippen LogP contribution < -0.4 is 4.90 Å². The lowest BCUT2D eigenvalue weighted by Gasteiger charge is -2.30. The van der Waals surface area contributed by atoms with Crippen LogP contribution in [0.25, 0.3) is 0 Å². The molecule has 0 unspecified atom stereocenters. The summed E-state index contributed by atoms with van der Waals surface area (Å²) < 4.78 is 12.5. The monoisotopic (exact) mass is 498 g/mol. The first-order valence-electron chi connectivity index (χ1n) is 12.2. The largest absolute Gasteiger partial charge is 0.461 e. The van der Waals surface area contributed by atoms with Crippen LogP contribution in [0.3, 0.4) is 0 Å². The van der Waals surface area contributed by atoms with Crippen molar-refractivity contribution >= 4 is 31.5 Å². The predicted molar refractivity (Wildman–Crippen MR) is 135 cm³/mol. The maximum Gasteiger partial charge on any atom is 0.359 e. The van der Waals surface area contributed by atoms with E-state index in [0.717, 1.165) is 18.0 Å². The first-order chi connectivity index (χ1) is 16.6. The number of hydrogen-bond acceptors (Lipinski definition) is 6. The molecule has 9 nitrogen and oxygen atoms in total. The maximum absolute atomic E-state index is 13.7. The summed E-state index contributed by atoms with van der Waals surface area (Å²) in [5.74, 6) is -0.836. The van der Waals surface area contributed by atoms with Crippen molar-refractivity contribution in [3.05, 3.63) is 46.3 Å². The van der Waals surface area contributed by atoms with Crippen molar-refractivity contribution in [1.29, 1.82) is 0 Å². The van der Waals surface area contributed by atoms with E-state index in [2.05, 4.69) is 24.7 Å². The van der Waals surface area contributed by atoms with Crippen molar-refractivity contribution in [3.8, 4) is 0 Å². The quantitative estimate of drug-likeness (QED) is 0.315. The number of hydrogen-bond donors (Lipinski definition) is 0. The fourth-order valence-corrected chi connectivity index (χ4v) is 5.16. The Hall–Kier alpha value is -2.98. The summed E-state index contributed by atoms with van der Waals surface area (Å²) in [6.45, 7) is 10.5. The van der Waals surface area contributed by atoms with E-state index in [1.807, 2.05) is 12.1 Å². The lowest BCUT2D eigenvalue weighted by Crippen LogP contribution is -2.40. The number of aromatic nitrogens is 2. The van der Waals surface area contributed by atoms with Gasteiger partial charge in [-0.3, -0.25) is 9.59 Å². The Morgan fingerprint density at radius 3 is 2.60 bits per heavy atom. The molecule has 10 heteroatoms. The highest BCUT2D eigenvalue weighted by Crippen LogP contribution is 2.30. The molecule has 0 fully saturated rings. The third-order valence-corrected chi connectivity index (χ3v) is 8.17. The summed E-state index contributed by atoms with van der Waals surface area (Å²) in [6, 6.07) is 6.60. The van der Waals surface area contributed by atoms with Gasteiger partial charge in [-0.25, -0.2) is 9.48 Å². The molecule has 2 amide bonds. The SMILES string of the molecule is CCOC(=O)c1nn(COCC[Si-](C)(C)C)c2c1CCN(c1ccc3c(c1)C(=O)N(C)CC3)C2=O. The molecule has 0 atom stereocenters. The summed E-state index contributed by atoms with van der Waals surface area (Å²) >= 11 is 0. The fraction of sp³-hybridized carbons (Fsp3) is 0.520. The van der Waals surface area contributed by atoms with Crippen LogP contribution >= 0.6 is 0 Å². The number of likely N-dealkylation sites (N-methyl/N-ethyl adjacent to an activating group) is 1. The fourth-order valence-electron chi connectivity index (χ4n) is 4.41. The van der Waals surface area contributed by atoms with Gasteiger partial charge in [-0.05, 0) is 37.5 Å². The van der Waals surface area contributed by atoms with E-state index in [0.29, 0.717) is 48.6 Å². The number of carbonyl (C=O) groups excluding carboxylic acids is 3. The van der Waals surface area contributed by atoms with Crippen LogP contribution in [0.5, 0.6) is 0 Å². The number of fused-ring (bicyclic) bond motifs is 2. The molecule has 0 saturated heterocycles. The molecule has 4 rings (SSSR count). The van der Waals surface area contributed by atoms with Crippen molar-refractivity contribution in [2.75, 3.05) is 38.3 Å². The zero-order valence-electron chi connectivity index (χ0n) is 21.2. The van der Waals surface area contributed by atoms with Crippen molar-refractivity contribution in [1.82, 2.24) is 14.7 Å². The van der Waals surface area contributed by atoms with Gasteiger partial charge in [0.25, 0.3) is 11.8 Å². The molecule has 0 aliphatic carbocycles. The maximum atomic E-state index is 13.7. The Balaban J connectivity index is 1.64. The van der Waals surface area contributed by atoms with Gasteiger partial charge in [-0.1, -0.05) is 6.07 Å². The Kier molecular flexibility index (Phi) is 7.14. The van der Waals surface area contributed by atoms with Crippen molar-refractivity contribution in [2.45, 2.75) is 52.2 Å². The topological polar surface area (TPSA) is 94.0 Å². The van der Waals surface area contributed by atoms with E-state index in [-0.39, 0.29) is 30.8 Å². The summed E-state index contributed by atoms with van der Waals surface area (Å²) in [5.41, 5.74) is 3.39. The highest BCUT2D eigenvalue weighted by molar-refractivity contribution is 6.76. The highest BCUT2D eigenvalue weighted by Gasteiger charge is 2.35. The summed E-state index contributed by atoms with van der Waals surface area (Å²) in [7, 11) is 0.512. The van der Waals surface area contributed by atoms with Gasteiger partial charge in [0, 0.05) is 43.6 Å². The molecule has 0 spiro atoms. The predicted octanol–water partition coefficient (Wildman–Crippen LogP) is 3.20. The van der Waals surface area contributed by atoms with Gasteiger partial charge in [0.1, 0.15) is 12.4 Å². The summed E-state index contributed by atoms with van der Waals surface area (Å²) in [6.07, 6.45) is 1.25. The standard InChI is InChI=1S/C25H34N4O5Si/c1-6-34-25(32)21-19-10-12-28(18-8-7-17-9-11-27(2)23(30)20(17)15-18)24(31)22(19)29(26-21)16-33-13-14-35(3,4)5/h7-8,15H,6,9-14,16H2,1-5H3/q-1. The molecule has 1 aromatic carbocycles. The third kappa shape index (κ3) is 5.18. The van der Waals surface area contributed by atoms with Gasteiger partial charge in [-0.15, -0.1) is 14.1 Å². The van der Waals surface area contributed by atoms with Crippen LogP contribution in [-0.2, 0) is 29.0 Å². The number of esters is 1. The molecular weight excluding hydrogens is 464 g/mol. The first kappa shape index (κ1) is 25.1. The van der Waals surface area contributed by atoms with Crippen LogP contribution in [0.15, 0.2) is 18.2 Å². The molecular formula is C25H34N4O5Si-. The Morgan fingerprint density at radius 2 is 1.89 bits per heavy atom. The van der Waals surface area contributed by atoms with Gasteiger partial charge in [0.05, 0.1) is 6.61 Å². The van der Waals surface area contributed by atoms with Crippen molar-refractivity contribution < 1.29 is 23.9 Å². The molecule has 0 radical (unpaired) electrons. The minimum Gasteiger partial charge on any atom is -0.461 e. The average molecular weight is 499 g/mol. The van der Waals surface area contributed by atoms with Crippen molar-refractivity contribution in [2.24, 2.45) is 0 Å². The lowest BCUT2D eigenvalue weighted by molar-refractivity contribution is 0.0508. The van der Waals surface area contributed by atoms with E-state index < -0.39 is 14.0 Å². The first-order valence-corrected chi connectivity index (χ1v) is 15.9. The Bertz CT molecular complexity index is 1150. The average Bonchev–Trinajstić information content (AvgIpc) is 3.18. The molecule has 189 valence electrons. The van der Waals surface area contributed by atoms with Crippen molar-refractivity contribution in [3.63, 3.8) is 0 Å². The number of carbonyl (C=O) groups is 3. The zero-order chi connectivity index (χ0) is 25.3. The summed E-state index contributed by atoms with van der Waals surface area (Å²) in [4.78, 5) is 42.3.